The van der Waals surface area contributed by atoms with E-state index in [0.717, 1.165) is 6.42 Å². The van der Waals surface area contributed by atoms with E-state index in [4.69, 9.17) is 15.3 Å². The van der Waals surface area contributed by atoms with E-state index in [1.807, 2.05) is 0 Å². The van der Waals surface area contributed by atoms with Gasteiger partial charge in [0.1, 0.15) is 0 Å². The van der Waals surface area contributed by atoms with Crippen molar-refractivity contribution >= 4 is 55.8 Å². The number of rotatable bonds is 24. The zero-order valence-corrected chi connectivity index (χ0v) is 43.3. The van der Waals surface area contributed by atoms with Crippen LogP contribution in [0.4, 0.5) is 0 Å². The summed E-state index contributed by atoms with van der Waals surface area (Å²) in [5.41, 5.74) is -0.445. The molecule has 0 heterocycles. The molecule has 59 heavy (non-hydrogen) atoms. The summed E-state index contributed by atoms with van der Waals surface area (Å²) in [5.74, 6) is 3.21. The van der Waals surface area contributed by atoms with Crippen molar-refractivity contribution in [1.29, 1.82) is 0 Å². The van der Waals surface area contributed by atoms with Gasteiger partial charge >= 0.3 is 371 Å². The minimum absolute atomic E-state index is 0.155. The van der Waals surface area contributed by atoms with Crippen molar-refractivity contribution in [3.8, 4) is 12.3 Å². The molecule has 0 aliphatic rings. The van der Waals surface area contributed by atoms with Crippen LogP contribution in [0.2, 0.25) is 27.8 Å². The van der Waals surface area contributed by atoms with E-state index in [1.165, 1.54) is 77.0 Å². The van der Waals surface area contributed by atoms with Crippen LogP contribution in [-0.2, 0) is 8.85 Å². The Labute approximate surface area is 368 Å². The summed E-state index contributed by atoms with van der Waals surface area (Å²) in [6, 6.07) is 44.2. The van der Waals surface area contributed by atoms with Crippen LogP contribution in [0.3, 0.4) is 0 Å². The molecular formula is C54H78O2Si2Sn. The fourth-order valence-corrected chi connectivity index (χ4v) is 34.2. The molecule has 0 aliphatic carbocycles. The molecule has 0 unspecified atom stereocenters. The fraction of sp³-hybridized carbons (Fsp3) is 0.481. The normalized spacial score (nSPS) is 13.2. The van der Waals surface area contributed by atoms with Gasteiger partial charge in [-0.2, -0.15) is 0 Å². The third kappa shape index (κ3) is 12.3. The zero-order chi connectivity index (χ0) is 42.9. The minimum atomic E-state index is -2.88. The molecule has 5 heteroatoms. The van der Waals surface area contributed by atoms with Crippen LogP contribution >= 0.6 is 0 Å². The standard InChI is InChI=1S/C42H51O2Si2.3C4H9.Sn/c1-9-11-33-42(32-10-2,34-43-45(40(3,4)5,36-24-16-12-17-25-36)37-26-18-13-19-27-37)35-44-46(41(6,7)8,38-28-20-14-21-29-38)39-30-22-15-23-31-39;3*1-3-4-2;/h2,9,11-31H,1,32-35H2,3-8H3;3*1,3-4H2,2H3;/b11-9+;;;;. The van der Waals surface area contributed by atoms with Gasteiger partial charge in [-0.1, -0.05) is 0 Å². The van der Waals surface area contributed by atoms with E-state index in [2.05, 4.69) is 202 Å². The van der Waals surface area contributed by atoms with Crippen molar-refractivity contribution in [2.45, 2.75) is 142 Å². The van der Waals surface area contributed by atoms with Crippen LogP contribution < -0.4 is 20.7 Å². The summed E-state index contributed by atoms with van der Waals surface area (Å²) < 4.78 is 21.6. The predicted octanol–water partition coefficient (Wildman–Crippen LogP) is 12.9. The molecule has 4 rings (SSSR count). The molecule has 318 valence electrons. The van der Waals surface area contributed by atoms with Gasteiger partial charge in [-0.3, -0.25) is 0 Å². The van der Waals surface area contributed by atoms with Gasteiger partial charge < -0.3 is 0 Å². The first-order chi connectivity index (χ1) is 28.3. The van der Waals surface area contributed by atoms with Crippen molar-refractivity contribution in [1.82, 2.24) is 0 Å². The second kappa shape index (κ2) is 23.0. The van der Waals surface area contributed by atoms with Gasteiger partial charge in [0.15, 0.2) is 0 Å². The van der Waals surface area contributed by atoms with Crippen molar-refractivity contribution in [2.24, 2.45) is 5.41 Å². The van der Waals surface area contributed by atoms with Gasteiger partial charge in [-0.15, -0.1) is 0 Å². The molecule has 0 bridgehead atoms. The van der Waals surface area contributed by atoms with Gasteiger partial charge in [-0.25, -0.2) is 0 Å². The van der Waals surface area contributed by atoms with Gasteiger partial charge in [0.2, 0.25) is 0 Å². The second-order valence-electron chi connectivity index (χ2n) is 19.5. The Balaban J connectivity index is 1.90. The summed E-state index contributed by atoms with van der Waals surface area (Å²) in [7, 11) is -5.75. The van der Waals surface area contributed by atoms with E-state index in [1.54, 1.807) is 0 Å². The summed E-state index contributed by atoms with van der Waals surface area (Å²) >= 11 is -2.41. The Morgan fingerprint density at radius 3 is 1.12 bits per heavy atom. The monoisotopic (exact) mass is 934 g/mol. The van der Waals surface area contributed by atoms with E-state index < -0.39 is 40.4 Å². The van der Waals surface area contributed by atoms with Gasteiger partial charge in [0.05, 0.1) is 0 Å². The summed E-state index contributed by atoms with van der Waals surface area (Å²) in [6.07, 6.45) is 21.1. The third-order valence-electron chi connectivity index (χ3n) is 13.0. The molecule has 0 saturated carbocycles. The maximum absolute atomic E-state index is 7.86. The number of benzene rings is 4. The van der Waals surface area contributed by atoms with Crippen LogP contribution in [-0.4, -0.2) is 48.2 Å². The Morgan fingerprint density at radius 2 is 0.847 bits per heavy atom. The van der Waals surface area contributed by atoms with Crippen molar-refractivity contribution in [3.05, 3.63) is 133 Å². The van der Waals surface area contributed by atoms with Crippen molar-refractivity contribution < 1.29 is 8.85 Å². The molecule has 0 fully saturated rings. The molecule has 0 N–H and O–H groups in total. The third-order valence-corrected chi connectivity index (χ3v) is 38.2. The average Bonchev–Trinajstić information content (AvgIpc) is 3.24. The molecular weight excluding hydrogens is 855 g/mol. The summed E-state index contributed by atoms with van der Waals surface area (Å²) in [5, 5.41) is 4.85. The first-order valence-corrected chi connectivity index (χ1v) is 34.8. The molecule has 0 atom stereocenters. The molecule has 4 aromatic carbocycles. The van der Waals surface area contributed by atoms with E-state index in [-0.39, 0.29) is 10.1 Å². The van der Waals surface area contributed by atoms with E-state index >= 15 is 0 Å². The number of terminal acetylenes is 1. The molecule has 0 saturated heterocycles. The summed E-state index contributed by atoms with van der Waals surface area (Å²) in [4.78, 5) is 0. The number of unbranched alkanes of at least 4 members (excludes halogenated alkanes) is 3. The second-order valence-corrected chi connectivity index (χ2v) is 42.1. The first kappa shape index (κ1) is 49.0. The Morgan fingerprint density at radius 1 is 0.525 bits per heavy atom. The fourth-order valence-electron chi connectivity index (χ4n) is 9.60. The SMILES string of the molecule is C#CCC(C/C=C/[CH2][Sn]([CH2]CCC)([CH2]CCC)[CH2]CCC)(CO[Si](c1ccccc1)(c1ccccc1)C(C)(C)C)CO[Si](c1ccccc1)(c1ccccc1)C(C)(C)C. The van der Waals surface area contributed by atoms with Crippen LogP contribution in [0.15, 0.2) is 133 Å². The van der Waals surface area contributed by atoms with Crippen LogP contribution in [0, 0.1) is 17.8 Å². The van der Waals surface area contributed by atoms with Gasteiger partial charge in [-0.05, 0) is 0 Å². The number of allylic oxidation sites excluding steroid dienone is 2. The van der Waals surface area contributed by atoms with E-state index in [9.17, 15) is 0 Å². The first-order valence-electron chi connectivity index (χ1n) is 22.9. The Hall–Kier alpha value is -2.67. The number of hydrogen-bond donors (Lipinski definition) is 0. The molecule has 0 aliphatic heterocycles. The molecule has 0 radical (unpaired) electrons. The van der Waals surface area contributed by atoms with Crippen LogP contribution in [0.25, 0.3) is 0 Å². The van der Waals surface area contributed by atoms with Gasteiger partial charge in [0, 0.05) is 0 Å². The van der Waals surface area contributed by atoms with Crippen LogP contribution in [0.5, 0.6) is 0 Å². The molecule has 4 aromatic rings. The molecule has 2 nitrogen and oxygen atoms in total. The summed E-state index contributed by atoms with van der Waals surface area (Å²) in [6.45, 7) is 22.4. The van der Waals surface area contributed by atoms with Crippen molar-refractivity contribution in [3.63, 3.8) is 0 Å². The van der Waals surface area contributed by atoms with Crippen LogP contribution in [0.1, 0.15) is 114 Å². The molecule has 0 aromatic heterocycles. The molecule has 0 amide bonds. The average molecular weight is 934 g/mol. The quantitative estimate of drug-likeness (QED) is 0.0396. The van der Waals surface area contributed by atoms with E-state index in [0.29, 0.717) is 19.6 Å². The van der Waals surface area contributed by atoms with Gasteiger partial charge in [0.25, 0.3) is 0 Å². The Bertz CT molecular complexity index is 1630. The number of hydrogen-bond acceptors (Lipinski definition) is 2. The topological polar surface area (TPSA) is 18.5 Å². The zero-order valence-electron chi connectivity index (χ0n) is 38.5. The molecule has 0 spiro atoms. The van der Waals surface area contributed by atoms with Crippen molar-refractivity contribution in [2.75, 3.05) is 13.2 Å². The maximum atomic E-state index is 7.86. The predicted molar refractivity (Wildman–Crippen MR) is 266 cm³/mol. The Kier molecular flexibility index (Phi) is 19.1.